The molecule has 0 radical (unpaired) electrons. The van der Waals surface area contributed by atoms with Crippen LogP contribution in [0.25, 0.3) is 0 Å². The molecule has 0 N–H and O–H groups in total. The number of hydrogen-bond acceptors (Lipinski definition) is 4. The largest absolute Gasteiger partial charge is 0.312 e. The Kier molecular flexibility index (Phi) is 5.02. The molecule has 2 aromatic rings. The van der Waals surface area contributed by atoms with Crippen molar-refractivity contribution < 1.29 is 9.72 Å². The monoisotopic (exact) mass is 330 g/mol. The van der Waals surface area contributed by atoms with Gasteiger partial charge >= 0.3 is 5.69 Å². The predicted octanol–water partition coefficient (Wildman–Crippen LogP) is 3.08. The first-order valence-electron chi connectivity index (χ1n) is 7.82. The second-order valence-electron chi connectivity index (χ2n) is 5.86. The predicted molar refractivity (Wildman–Crippen MR) is 92.3 cm³/mol. The summed E-state index contributed by atoms with van der Waals surface area (Å²) in [5.74, 6) is -0.147. The summed E-state index contributed by atoms with van der Waals surface area (Å²) in [5, 5.41) is 15.2. The molecule has 7 heteroatoms. The van der Waals surface area contributed by atoms with Gasteiger partial charge in [-0.05, 0) is 51.8 Å². The molecule has 1 aromatic carbocycles. The lowest BCUT2D eigenvalue weighted by Crippen LogP contribution is -2.34. The van der Waals surface area contributed by atoms with Crippen LogP contribution in [0.2, 0.25) is 0 Å². The van der Waals surface area contributed by atoms with E-state index in [0.717, 1.165) is 16.8 Å². The van der Waals surface area contributed by atoms with Gasteiger partial charge in [0.1, 0.15) is 17.9 Å². The van der Waals surface area contributed by atoms with E-state index in [4.69, 9.17) is 0 Å². The van der Waals surface area contributed by atoms with Crippen LogP contribution < -0.4 is 4.90 Å². The van der Waals surface area contributed by atoms with Crippen molar-refractivity contribution in [2.24, 2.45) is 0 Å². The van der Waals surface area contributed by atoms with E-state index in [2.05, 4.69) is 5.10 Å². The lowest BCUT2D eigenvalue weighted by molar-refractivity contribution is -0.386. The number of rotatable bonds is 5. The molecule has 7 nitrogen and oxygen atoms in total. The number of aromatic nitrogens is 2. The van der Waals surface area contributed by atoms with Crippen LogP contribution in [0.5, 0.6) is 0 Å². The maximum atomic E-state index is 12.7. The molecular weight excluding hydrogens is 308 g/mol. The molecule has 0 aliphatic carbocycles. The van der Waals surface area contributed by atoms with E-state index in [1.807, 2.05) is 39.0 Å². The zero-order valence-corrected chi connectivity index (χ0v) is 14.7. The second-order valence-corrected chi connectivity index (χ2v) is 5.86. The van der Waals surface area contributed by atoms with Crippen molar-refractivity contribution in [1.29, 1.82) is 0 Å². The highest BCUT2D eigenvalue weighted by Gasteiger charge is 2.24. The van der Waals surface area contributed by atoms with Gasteiger partial charge in [0, 0.05) is 12.2 Å². The van der Waals surface area contributed by atoms with Crippen molar-refractivity contribution in [3.05, 3.63) is 50.8 Å². The van der Waals surface area contributed by atoms with E-state index < -0.39 is 4.92 Å². The number of aryl methyl sites for hydroxylation is 3. The van der Waals surface area contributed by atoms with Gasteiger partial charge in [-0.15, -0.1) is 0 Å². The standard InChI is InChI=1S/C17H22N4O3/c1-6-19(15-9-11(2)7-8-12(15)3)16(22)10-20-14(5)17(21(23)24)13(4)18-20/h7-9H,6,10H2,1-5H3. The number of hydrogen-bond donors (Lipinski definition) is 0. The van der Waals surface area contributed by atoms with Crippen molar-refractivity contribution in [1.82, 2.24) is 9.78 Å². The van der Waals surface area contributed by atoms with Crippen molar-refractivity contribution in [3.8, 4) is 0 Å². The fourth-order valence-corrected chi connectivity index (χ4v) is 2.81. The van der Waals surface area contributed by atoms with Crippen molar-refractivity contribution >= 4 is 17.3 Å². The van der Waals surface area contributed by atoms with Crippen LogP contribution in [0.4, 0.5) is 11.4 Å². The Morgan fingerprint density at radius 1 is 1.29 bits per heavy atom. The molecular formula is C17H22N4O3. The van der Waals surface area contributed by atoms with E-state index in [0.29, 0.717) is 17.9 Å². The minimum absolute atomic E-state index is 0.0261. The summed E-state index contributed by atoms with van der Waals surface area (Å²) in [5.41, 5.74) is 3.62. The van der Waals surface area contributed by atoms with Gasteiger partial charge in [0.05, 0.1) is 4.92 Å². The first-order valence-corrected chi connectivity index (χ1v) is 7.82. The van der Waals surface area contributed by atoms with Crippen LogP contribution in [-0.4, -0.2) is 27.2 Å². The van der Waals surface area contributed by atoms with E-state index in [-0.39, 0.29) is 18.1 Å². The normalized spacial score (nSPS) is 10.7. The molecule has 128 valence electrons. The molecule has 0 bridgehead atoms. The topological polar surface area (TPSA) is 81.3 Å². The third-order valence-electron chi connectivity index (χ3n) is 4.08. The molecule has 0 aliphatic rings. The van der Waals surface area contributed by atoms with Gasteiger partial charge in [0.2, 0.25) is 5.91 Å². The van der Waals surface area contributed by atoms with E-state index >= 15 is 0 Å². The first kappa shape index (κ1) is 17.7. The van der Waals surface area contributed by atoms with Crippen LogP contribution in [0.3, 0.4) is 0 Å². The third kappa shape index (κ3) is 3.29. The van der Waals surface area contributed by atoms with Gasteiger partial charge in [0.25, 0.3) is 0 Å². The molecule has 0 saturated heterocycles. The fourth-order valence-electron chi connectivity index (χ4n) is 2.81. The first-order chi connectivity index (χ1) is 11.3. The number of likely N-dealkylation sites (N-methyl/N-ethyl adjacent to an activating group) is 1. The maximum Gasteiger partial charge on any atom is 0.312 e. The second kappa shape index (κ2) is 6.82. The Balaban J connectivity index is 2.32. The summed E-state index contributed by atoms with van der Waals surface area (Å²) in [6.45, 7) is 9.52. The molecule has 0 aliphatic heterocycles. The molecule has 0 spiro atoms. The minimum Gasteiger partial charge on any atom is -0.311 e. The summed E-state index contributed by atoms with van der Waals surface area (Å²) in [7, 11) is 0. The zero-order chi connectivity index (χ0) is 18.0. The average Bonchev–Trinajstić information content (AvgIpc) is 2.77. The number of carbonyl (C=O) groups is 1. The van der Waals surface area contributed by atoms with Crippen molar-refractivity contribution in [2.45, 2.75) is 41.2 Å². The Labute approximate surface area is 141 Å². The Hall–Kier alpha value is -2.70. The lowest BCUT2D eigenvalue weighted by Gasteiger charge is -2.23. The molecule has 24 heavy (non-hydrogen) atoms. The van der Waals surface area contributed by atoms with Gasteiger partial charge in [-0.25, -0.2) is 0 Å². The maximum absolute atomic E-state index is 12.7. The SMILES string of the molecule is CCN(C(=O)Cn1nc(C)c([N+](=O)[O-])c1C)c1cc(C)ccc1C. The quantitative estimate of drug-likeness (QED) is 0.623. The smallest absolute Gasteiger partial charge is 0.311 e. The molecule has 1 heterocycles. The number of carbonyl (C=O) groups excluding carboxylic acids is 1. The van der Waals surface area contributed by atoms with Gasteiger partial charge in [0.15, 0.2) is 0 Å². The molecule has 0 fully saturated rings. The van der Waals surface area contributed by atoms with Crippen molar-refractivity contribution in [3.63, 3.8) is 0 Å². The minimum atomic E-state index is -0.457. The van der Waals surface area contributed by atoms with Crippen LogP contribution in [-0.2, 0) is 11.3 Å². The van der Waals surface area contributed by atoms with Gasteiger partial charge in [-0.2, -0.15) is 5.10 Å². The molecule has 0 saturated carbocycles. The molecule has 1 aromatic heterocycles. The van der Waals surface area contributed by atoms with Gasteiger partial charge in [-0.3, -0.25) is 19.6 Å². The molecule has 2 rings (SSSR count). The van der Waals surface area contributed by atoms with E-state index in [1.165, 1.54) is 4.68 Å². The van der Waals surface area contributed by atoms with Gasteiger partial charge < -0.3 is 4.90 Å². The Morgan fingerprint density at radius 3 is 2.50 bits per heavy atom. The summed E-state index contributed by atoms with van der Waals surface area (Å²) >= 11 is 0. The highest BCUT2D eigenvalue weighted by molar-refractivity contribution is 5.94. The number of benzene rings is 1. The average molecular weight is 330 g/mol. The van der Waals surface area contributed by atoms with Gasteiger partial charge in [-0.1, -0.05) is 12.1 Å². The van der Waals surface area contributed by atoms with Crippen LogP contribution in [0, 0.1) is 37.8 Å². The van der Waals surface area contributed by atoms with Crippen LogP contribution in [0.15, 0.2) is 18.2 Å². The van der Waals surface area contributed by atoms with Crippen LogP contribution >= 0.6 is 0 Å². The number of amides is 1. The summed E-state index contributed by atoms with van der Waals surface area (Å²) in [4.78, 5) is 25.1. The van der Waals surface area contributed by atoms with Crippen molar-refractivity contribution in [2.75, 3.05) is 11.4 Å². The Bertz CT molecular complexity index is 795. The third-order valence-corrected chi connectivity index (χ3v) is 4.08. The number of nitrogens with zero attached hydrogens (tertiary/aromatic N) is 4. The molecule has 0 unspecified atom stereocenters. The van der Waals surface area contributed by atoms with E-state index in [1.54, 1.807) is 18.7 Å². The Morgan fingerprint density at radius 2 is 1.96 bits per heavy atom. The number of anilines is 1. The fraction of sp³-hybridized carbons (Fsp3) is 0.412. The lowest BCUT2D eigenvalue weighted by atomic mass is 10.1. The summed E-state index contributed by atoms with van der Waals surface area (Å²) in [6, 6.07) is 5.96. The highest BCUT2D eigenvalue weighted by atomic mass is 16.6. The summed E-state index contributed by atoms with van der Waals surface area (Å²) in [6.07, 6.45) is 0. The zero-order valence-electron chi connectivity index (χ0n) is 14.7. The molecule has 0 atom stereocenters. The number of nitro groups is 1. The summed E-state index contributed by atoms with van der Waals surface area (Å²) < 4.78 is 1.41. The van der Waals surface area contributed by atoms with Crippen LogP contribution in [0.1, 0.15) is 29.4 Å². The molecule has 1 amide bonds. The van der Waals surface area contributed by atoms with E-state index in [9.17, 15) is 14.9 Å². The highest BCUT2D eigenvalue weighted by Crippen LogP contribution is 2.24.